The molecule has 2 aliphatic rings. The lowest BCUT2D eigenvalue weighted by Gasteiger charge is -2.20. The molecule has 0 fully saturated rings. The van der Waals surface area contributed by atoms with E-state index in [0.717, 1.165) is 18.2 Å². The van der Waals surface area contributed by atoms with Gasteiger partial charge in [-0.05, 0) is 102 Å². The first-order valence-electron chi connectivity index (χ1n) is 17.7. The molecule has 7 rings (SSSR count). The molecule has 24 heteroatoms. The van der Waals surface area contributed by atoms with Crippen LogP contribution >= 0.6 is 0 Å². The van der Waals surface area contributed by atoms with Gasteiger partial charge in [-0.3, -0.25) is 38.9 Å². The van der Waals surface area contributed by atoms with Gasteiger partial charge < -0.3 is 16.8 Å². The van der Waals surface area contributed by atoms with Crippen LogP contribution in [0.15, 0.2) is 138 Å². The average molecular weight is 912 g/mol. The number of azo groups is 1. The van der Waals surface area contributed by atoms with E-state index < -0.39 is 96.5 Å². The predicted molar refractivity (Wildman–Crippen MR) is 233 cm³/mol. The number of hydrazone groups is 2. The number of nitrogen functional groups attached to an aromatic ring is 2. The number of ketones is 2. The van der Waals surface area contributed by atoms with Gasteiger partial charge in [-0.2, -0.15) is 40.6 Å². The van der Waals surface area contributed by atoms with E-state index >= 15 is 0 Å². The first kappa shape index (κ1) is 43.4. The van der Waals surface area contributed by atoms with E-state index in [-0.39, 0.29) is 33.8 Å². The zero-order valence-electron chi connectivity index (χ0n) is 31.7. The first-order chi connectivity index (χ1) is 29.7. The molecule has 63 heavy (non-hydrogen) atoms. The normalized spacial score (nSPS) is 15.4. The molecule has 0 bridgehead atoms. The quantitative estimate of drug-likeness (QED) is 0.0348. The molecule has 5 aromatic rings. The Morgan fingerprint density at radius 2 is 1.14 bits per heavy atom. The summed E-state index contributed by atoms with van der Waals surface area (Å²) in [6.45, 7) is 0. The Kier molecular flexibility index (Phi) is 11.4. The number of nitrogens with one attached hydrogen (secondary N) is 3. The molecule has 1 amide bonds. The number of para-hydroxylation sites is 1. The first-order valence-corrected chi connectivity index (χ1v) is 22.0. The Labute approximate surface area is 356 Å². The molecule has 0 heterocycles. The molecule has 5 aromatic carbocycles. The number of nitrogens with two attached hydrogens (primary N) is 2. The van der Waals surface area contributed by atoms with Crippen LogP contribution in [0.4, 0.5) is 39.8 Å². The van der Waals surface area contributed by atoms with E-state index in [1.54, 1.807) is 30.3 Å². The van der Waals surface area contributed by atoms with Gasteiger partial charge in [0.25, 0.3) is 36.3 Å². The lowest BCUT2D eigenvalue weighted by Crippen LogP contribution is -2.28. The summed E-state index contributed by atoms with van der Waals surface area (Å²) in [5.41, 5.74) is 15.2. The van der Waals surface area contributed by atoms with Gasteiger partial charge in [0.15, 0.2) is 11.4 Å². The fourth-order valence-electron chi connectivity index (χ4n) is 6.12. The van der Waals surface area contributed by atoms with Crippen LogP contribution in [0.5, 0.6) is 0 Å². The monoisotopic (exact) mass is 911 g/mol. The summed E-state index contributed by atoms with van der Waals surface area (Å²) in [5.74, 6) is -2.53. The second-order valence-electron chi connectivity index (χ2n) is 13.3. The van der Waals surface area contributed by atoms with Crippen molar-refractivity contribution in [2.75, 3.05) is 27.6 Å². The van der Waals surface area contributed by atoms with Crippen LogP contribution in [0.2, 0.25) is 0 Å². The minimum Gasteiger partial charge on any atom is -0.399 e. The lowest BCUT2D eigenvalue weighted by atomic mass is 9.92. The molecule has 2 aliphatic carbocycles. The third-order valence-corrected chi connectivity index (χ3v) is 11.7. The van der Waals surface area contributed by atoms with Crippen LogP contribution in [0, 0.1) is 0 Å². The van der Waals surface area contributed by atoms with Crippen molar-refractivity contribution in [1.82, 2.24) is 0 Å². The second-order valence-corrected chi connectivity index (χ2v) is 17.5. The molecule has 0 spiro atoms. The number of nitrogens with zero attached hydrogens (tertiary/aromatic N) is 4. The van der Waals surface area contributed by atoms with Crippen LogP contribution in [0.25, 0.3) is 12.2 Å². The van der Waals surface area contributed by atoms with Crippen molar-refractivity contribution in [3.63, 3.8) is 0 Å². The summed E-state index contributed by atoms with van der Waals surface area (Å²) in [7, 11) is -15.1. The van der Waals surface area contributed by atoms with Gasteiger partial charge in [0.2, 0.25) is 11.6 Å². The van der Waals surface area contributed by atoms with Crippen molar-refractivity contribution in [3.05, 3.63) is 141 Å². The fourth-order valence-corrected chi connectivity index (χ4v) is 8.11. The minimum atomic E-state index is -5.15. The molecular weight excluding hydrogens is 883 g/mol. The van der Waals surface area contributed by atoms with E-state index in [4.69, 9.17) is 11.5 Å². The number of benzene rings is 5. The highest BCUT2D eigenvalue weighted by Crippen LogP contribution is 2.41. The molecule has 0 atom stereocenters. The van der Waals surface area contributed by atoms with Crippen molar-refractivity contribution in [3.8, 4) is 0 Å². The molecule has 21 nitrogen and oxygen atoms in total. The lowest BCUT2D eigenvalue weighted by molar-refractivity contribution is 0.102. The van der Waals surface area contributed by atoms with Gasteiger partial charge in [0.05, 0.1) is 28.3 Å². The summed E-state index contributed by atoms with van der Waals surface area (Å²) in [4.78, 5) is 37.2. The molecule has 0 aliphatic heterocycles. The van der Waals surface area contributed by atoms with E-state index in [0.29, 0.717) is 11.4 Å². The van der Waals surface area contributed by atoms with Gasteiger partial charge in [0, 0.05) is 22.5 Å². The van der Waals surface area contributed by atoms with Crippen LogP contribution in [-0.4, -0.2) is 67.8 Å². The summed E-state index contributed by atoms with van der Waals surface area (Å²) < 4.78 is 103. The van der Waals surface area contributed by atoms with Gasteiger partial charge in [-0.25, -0.2) is 0 Å². The minimum absolute atomic E-state index is 0.0478. The van der Waals surface area contributed by atoms with Crippen molar-refractivity contribution in [1.29, 1.82) is 0 Å². The summed E-state index contributed by atoms with van der Waals surface area (Å²) in [5, 5.41) is 18.3. The number of carbonyl (C=O) groups is 3. The number of anilines is 5. The average Bonchev–Trinajstić information content (AvgIpc) is 3.22. The maximum Gasteiger partial charge on any atom is 0.296 e. The highest BCUT2D eigenvalue weighted by Gasteiger charge is 2.37. The molecule has 0 saturated heterocycles. The molecule has 0 unspecified atom stereocenters. The zero-order chi connectivity index (χ0) is 45.4. The Morgan fingerprint density at radius 3 is 1.73 bits per heavy atom. The summed E-state index contributed by atoms with van der Waals surface area (Å²) in [6.07, 6.45) is 1.85. The maximum absolute atomic E-state index is 13.7. The second kappa shape index (κ2) is 16.6. The van der Waals surface area contributed by atoms with E-state index in [9.17, 15) is 53.3 Å². The van der Waals surface area contributed by atoms with E-state index in [2.05, 4.69) is 36.6 Å². The number of Topliss-reactive ketones (excluding diaryl/α,β-unsaturated/α-hetero) is 2. The Bertz CT molecular complexity index is 3280. The van der Waals surface area contributed by atoms with Gasteiger partial charge in [-0.1, -0.05) is 24.3 Å². The topological polar surface area (TPSA) is 352 Å². The summed E-state index contributed by atoms with van der Waals surface area (Å²) in [6, 6.07) is 24.2. The highest BCUT2D eigenvalue weighted by molar-refractivity contribution is 7.91. The van der Waals surface area contributed by atoms with Crippen LogP contribution < -0.4 is 27.6 Å². The van der Waals surface area contributed by atoms with E-state index in [1.165, 1.54) is 66.7 Å². The van der Waals surface area contributed by atoms with Crippen molar-refractivity contribution < 1.29 is 53.3 Å². The summed E-state index contributed by atoms with van der Waals surface area (Å²) >= 11 is 0. The standard InChI is InChI=1S/C39H29N9O12S3/c40-23-9-6-21-16-30(62(55,56)57)35(37(49)28(21)19-23)47-45-27-14-12-24(13-15-27)42-39(51)20-7-10-26(11-8-20)44-46-34-29(61(52,53)54)17-22-18-31(63(58,59)60)36(38(50)32(22)33(34)41)48-43-25-4-2-1-3-5-25/h1-19,43,45H,40-41H2,(H,42,51)(H,52,53,54)(H,55,56,57)(H,58,59,60). The van der Waals surface area contributed by atoms with Crippen LogP contribution in [0.1, 0.15) is 42.2 Å². The third kappa shape index (κ3) is 9.30. The number of hydrogen-bond acceptors (Lipinski definition) is 17. The molecular formula is C39H29N9O12S3. The maximum atomic E-state index is 13.7. The van der Waals surface area contributed by atoms with Crippen molar-refractivity contribution in [2.45, 2.75) is 4.90 Å². The predicted octanol–water partition coefficient (Wildman–Crippen LogP) is 5.55. The number of amides is 1. The molecule has 320 valence electrons. The number of fused-ring (bicyclic) bond motifs is 2. The van der Waals surface area contributed by atoms with Crippen LogP contribution in [-0.2, 0) is 30.4 Å². The molecule has 0 saturated carbocycles. The number of hydrogen-bond donors (Lipinski definition) is 8. The van der Waals surface area contributed by atoms with Gasteiger partial charge in [0.1, 0.15) is 20.4 Å². The SMILES string of the molecule is Nc1ccc2c(c1)C(=O)C(=NNc1ccc(NC(=O)c3ccc(N=Nc4c(S(=O)(=O)O)cc5c(c4N)C(=O)C(=NNc4ccccc4)C(S(=O)(=O)O)=C5)cc3)cc1)C(S(=O)(=O)O)=C2. The molecule has 0 aromatic heterocycles. The molecule has 10 N–H and O–H groups in total. The largest absolute Gasteiger partial charge is 0.399 e. The van der Waals surface area contributed by atoms with Crippen LogP contribution in [0.3, 0.4) is 0 Å². The van der Waals surface area contributed by atoms with Gasteiger partial charge >= 0.3 is 0 Å². The molecule has 0 radical (unpaired) electrons. The zero-order valence-corrected chi connectivity index (χ0v) is 34.1. The highest BCUT2D eigenvalue weighted by atomic mass is 32.2. The number of carbonyl (C=O) groups excluding carboxylic acids is 3. The van der Waals surface area contributed by atoms with Crippen molar-refractivity contribution >= 4 is 111 Å². The number of allylic oxidation sites excluding steroid dienone is 2. The number of rotatable bonds is 11. The van der Waals surface area contributed by atoms with Gasteiger partial charge in [-0.15, -0.1) is 5.11 Å². The smallest absolute Gasteiger partial charge is 0.296 e. The fraction of sp³-hybridized carbons (Fsp3) is 0. The third-order valence-electron chi connectivity index (χ3n) is 9.09. The Hall–Kier alpha value is -7.74. The van der Waals surface area contributed by atoms with Crippen molar-refractivity contribution in [2.24, 2.45) is 20.4 Å². The Morgan fingerprint density at radius 1 is 0.587 bits per heavy atom. The Balaban J connectivity index is 1.08. The van der Waals surface area contributed by atoms with E-state index in [1.807, 2.05) is 0 Å².